The number of hydrogen-bond acceptors (Lipinski definition) is 2. The van der Waals surface area contributed by atoms with E-state index in [1.54, 1.807) is 7.11 Å². The van der Waals surface area contributed by atoms with Crippen molar-refractivity contribution in [2.24, 2.45) is 0 Å². The molecule has 2 heteroatoms. The first-order valence-corrected chi connectivity index (χ1v) is 5.19. The molecule has 0 saturated carbocycles. The van der Waals surface area contributed by atoms with Gasteiger partial charge >= 0.3 is 0 Å². The van der Waals surface area contributed by atoms with E-state index >= 15 is 0 Å². The molecule has 1 rings (SSSR count). The van der Waals surface area contributed by atoms with Gasteiger partial charge in [-0.05, 0) is 25.1 Å². The molecule has 0 heterocycles. The van der Waals surface area contributed by atoms with E-state index < -0.39 is 0 Å². The van der Waals surface area contributed by atoms with Gasteiger partial charge in [0.25, 0.3) is 0 Å². The Balaban J connectivity index is 2.60. The fraction of sp³-hybridized carbons (Fsp3) is 0.385. The number of likely N-dealkylation sites (N-methyl/N-ethyl adjacent to an activating group) is 1. The van der Waals surface area contributed by atoms with Crippen LogP contribution in [0, 0.1) is 0 Å². The van der Waals surface area contributed by atoms with Gasteiger partial charge in [0.2, 0.25) is 0 Å². The van der Waals surface area contributed by atoms with E-state index in [-0.39, 0.29) is 0 Å². The maximum absolute atomic E-state index is 5.06. The van der Waals surface area contributed by atoms with Crippen LogP contribution in [0.1, 0.15) is 18.1 Å². The standard InChI is InChI=1S/C13H19NO/c1-11(14-2)4-5-12-6-8-13(9-7-12)10-15-3/h4-9,11,14H,10H2,1-3H3/b5-4+. The summed E-state index contributed by atoms with van der Waals surface area (Å²) in [7, 11) is 3.67. The van der Waals surface area contributed by atoms with Crippen LogP contribution in [0.15, 0.2) is 30.3 Å². The van der Waals surface area contributed by atoms with Gasteiger partial charge in [0, 0.05) is 13.2 Å². The Labute approximate surface area is 92.0 Å². The lowest BCUT2D eigenvalue weighted by atomic mass is 10.1. The van der Waals surface area contributed by atoms with Gasteiger partial charge in [-0.15, -0.1) is 0 Å². The van der Waals surface area contributed by atoms with Gasteiger partial charge in [-0.1, -0.05) is 36.4 Å². The van der Waals surface area contributed by atoms with E-state index in [4.69, 9.17) is 4.74 Å². The predicted octanol–water partition coefficient (Wildman–Crippen LogP) is 2.45. The van der Waals surface area contributed by atoms with Crippen molar-refractivity contribution in [3.05, 3.63) is 41.5 Å². The highest BCUT2D eigenvalue weighted by Crippen LogP contribution is 2.07. The molecular weight excluding hydrogens is 186 g/mol. The van der Waals surface area contributed by atoms with Crippen molar-refractivity contribution in [2.75, 3.05) is 14.2 Å². The summed E-state index contributed by atoms with van der Waals surface area (Å²) in [4.78, 5) is 0. The SMILES string of the molecule is CNC(C)/C=C/c1ccc(COC)cc1. The Bertz CT molecular complexity index is 303. The first-order chi connectivity index (χ1) is 7.26. The van der Waals surface area contributed by atoms with Crippen molar-refractivity contribution >= 4 is 6.08 Å². The molecule has 1 atom stereocenters. The van der Waals surface area contributed by atoms with Crippen molar-refractivity contribution in [3.8, 4) is 0 Å². The molecule has 1 aromatic carbocycles. The molecule has 0 radical (unpaired) electrons. The van der Waals surface area contributed by atoms with Crippen LogP contribution in [0.25, 0.3) is 6.08 Å². The van der Waals surface area contributed by atoms with Crippen LogP contribution in [-0.2, 0) is 11.3 Å². The number of methoxy groups -OCH3 is 1. The molecule has 1 N–H and O–H groups in total. The molecule has 1 aromatic rings. The largest absolute Gasteiger partial charge is 0.380 e. The summed E-state index contributed by atoms with van der Waals surface area (Å²) in [6.45, 7) is 2.80. The Kier molecular flexibility index (Phi) is 5.08. The van der Waals surface area contributed by atoms with Gasteiger partial charge in [0.1, 0.15) is 0 Å². The van der Waals surface area contributed by atoms with E-state index in [1.807, 2.05) is 7.05 Å². The zero-order valence-corrected chi connectivity index (χ0v) is 9.66. The summed E-state index contributed by atoms with van der Waals surface area (Å²) in [5.74, 6) is 0. The summed E-state index contributed by atoms with van der Waals surface area (Å²) >= 11 is 0. The first-order valence-electron chi connectivity index (χ1n) is 5.19. The van der Waals surface area contributed by atoms with Crippen LogP contribution in [0.5, 0.6) is 0 Å². The third-order valence-electron chi connectivity index (χ3n) is 2.32. The molecule has 0 aromatic heterocycles. The van der Waals surface area contributed by atoms with Crippen LogP contribution in [0.4, 0.5) is 0 Å². The van der Waals surface area contributed by atoms with Gasteiger partial charge in [0.15, 0.2) is 0 Å². The van der Waals surface area contributed by atoms with Crippen molar-refractivity contribution < 1.29 is 4.74 Å². The van der Waals surface area contributed by atoms with E-state index in [1.165, 1.54) is 11.1 Å². The lowest BCUT2D eigenvalue weighted by Gasteiger charge is -2.03. The smallest absolute Gasteiger partial charge is 0.0713 e. The molecule has 0 aliphatic carbocycles. The average molecular weight is 205 g/mol. The second-order valence-corrected chi connectivity index (χ2v) is 3.61. The summed E-state index contributed by atoms with van der Waals surface area (Å²) in [6.07, 6.45) is 4.27. The predicted molar refractivity (Wildman–Crippen MR) is 64.7 cm³/mol. The van der Waals surface area contributed by atoms with Crippen LogP contribution in [0.2, 0.25) is 0 Å². The van der Waals surface area contributed by atoms with Crippen LogP contribution in [-0.4, -0.2) is 20.2 Å². The third kappa shape index (κ3) is 4.28. The Morgan fingerprint density at radius 2 is 2.00 bits per heavy atom. The molecule has 0 saturated heterocycles. The number of ether oxygens (including phenoxy) is 1. The monoisotopic (exact) mass is 205 g/mol. The fourth-order valence-corrected chi connectivity index (χ4v) is 1.24. The Morgan fingerprint density at radius 1 is 1.33 bits per heavy atom. The molecule has 0 aliphatic rings. The van der Waals surface area contributed by atoms with Crippen molar-refractivity contribution in [2.45, 2.75) is 19.6 Å². The molecule has 82 valence electrons. The maximum Gasteiger partial charge on any atom is 0.0713 e. The zero-order valence-electron chi connectivity index (χ0n) is 9.66. The fourth-order valence-electron chi connectivity index (χ4n) is 1.24. The minimum absolute atomic E-state index is 0.406. The van der Waals surface area contributed by atoms with Gasteiger partial charge in [0.05, 0.1) is 6.61 Å². The molecule has 2 nitrogen and oxygen atoms in total. The molecule has 1 unspecified atom stereocenters. The quantitative estimate of drug-likeness (QED) is 0.797. The lowest BCUT2D eigenvalue weighted by Crippen LogP contribution is -2.17. The first kappa shape index (κ1) is 12.0. The highest BCUT2D eigenvalue weighted by molar-refractivity contribution is 5.50. The minimum Gasteiger partial charge on any atom is -0.380 e. The van der Waals surface area contributed by atoms with Gasteiger partial charge < -0.3 is 10.1 Å². The maximum atomic E-state index is 5.06. The summed E-state index contributed by atoms with van der Waals surface area (Å²) in [5.41, 5.74) is 2.42. The van der Waals surface area contributed by atoms with E-state index in [0.717, 1.165) is 0 Å². The third-order valence-corrected chi connectivity index (χ3v) is 2.32. The van der Waals surface area contributed by atoms with Crippen LogP contribution >= 0.6 is 0 Å². The van der Waals surface area contributed by atoms with Crippen LogP contribution < -0.4 is 5.32 Å². The summed E-state index contributed by atoms with van der Waals surface area (Å²) in [6, 6.07) is 8.80. The highest BCUT2D eigenvalue weighted by atomic mass is 16.5. The second kappa shape index (κ2) is 6.38. The molecule has 0 spiro atoms. The molecule has 0 aliphatic heterocycles. The number of hydrogen-bond donors (Lipinski definition) is 1. The van der Waals surface area contributed by atoms with Crippen molar-refractivity contribution in [3.63, 3.8) is 0 Å². The van der Waals surface area contributed by atoms with Gasteiger partial charge in [-0.2, -0.15) is 0 Å². The molecular formula is C13H19NO. The summed E-state index contributed by atoms with van der Waals surface area (Å²) in [5, 5.41) is 3.16. The number of rotatable bonds is 5. The average Bonchev–Trinajstić information content (AvgIpc) is 2.28. The van der Waals surface area contributed by atoms with Crippen LogP contribution in [0.3, 0.4) is 0 Å². The number of nitrogens with one attached hydrogen (secondary N) is 1. The van der Waals surface area contributed by atoms with Crippen molar-refractivity contribution in [1.29, 1.82) is 0 Å². The molecule has 0 bridgehead atoms. The normalized spacial score (nSPS) is 13.3. The van der Waals surface area contributed by atoms with Crippen molar-refractivity contribution in [1.82, 2.24) is 5.32 Å². The summed E-state index contributed by atoms with van der Waals surface area (Å²) < 4.78 is 5.06. The minimum atomic E-state index is 0.406. The van der Waals surface area contributed by atoms with Gasteiger partial charge in [-0.3, -0.25) is 0 Å². The number of benzene rings is 1. The molecule has 0 fully saturated rings. The second-order valence-electron chi connectivity index (χ2n) is 3.61. The van der Waals surface area contributed by atoms with E-state index in [9.17, 15) is 0 Å². The lowest BCUT2D eigenvalue weighted by molar-refractivity contribution is 0.185. The van der Waals surface area contributed by atoms with E-state index in [0.29, 0.717) is 12.6 Å². The van der Waals surface area contributed by atoms with E-state index in [2.05, 4.69) is 48.7 Å². The van der Waals surface area contributed by atoms with Gasteiger partial charge in [-0.25, -0.2) is 0 Å². The molecule has 0 amide bonds. The Hall–Kier alpha value is -1.12. The molecule has 15 heavy (non-hydrogen) atoms. The zero-order chi connectivity index (χ0) is 11.1. The Morgan fingerprint density at radius 3 is 2.53 bits per heavy atom. The topological polar surface area (TPSA) is 21.3 Å². The highest BCUT2D eigenvalue weighted by Gasteiger charge is 1.92.